The number of hydrogen-bond acceptors (Lipinski definition) is 4. The summed E-state index contributed by atoms with van der Waals surface area (Å²) in [6.07, 6.45) is 1.79. The van der Waals surface area contributed by atoms with E-state index in [1.54, 1.807) is 11.3 Å². The summed E-state index contributed by atoms with van der Waals surface area (Å²) in [6, 6.07) is 0.351. The molecule has 0 aliphatic carbocycles. The Balaban J connectivity index is 2.00. The molecule has 0 unspecified atom stereocenters. The summed E-state index contributed by atoms with van der Waals surface area (Å²) in [6.45, 7) is 5.94. The summed E-state index contributed by atoms with van der Waals surface area (Å²) < 4.78 is 0. The Labute approximate surface area is 128 Å². The van der Waals surface area contributed by atoms with Crippen LogP contribution in [0.15, 0.2) is 0 Å². The third-order valence-electron chi connectivity index (χ3n) is 2.95. The van der Waals surface area contributed by atoms with E-state index in [1.807, 2.05) is 0 Å². The van der Waals surface area contributed by atoms with Gasteiger partial charge in [-0.15, -0.1) is 11.3 Å². The first-order chi connectivity index (χ1) is 9.45. The number of rotatable bonds is 2. The van der Waals surface area contributed by atoms with Gasteiger partial charge in [0.25, 0.3) is 0 Å². The maximum atomic E-state index is 7.24. The minimum atomic E-state index is -0.0714. The maximum Gasteiger partial charge on any atom is 0.192 e. The monoisotopic (exact) mass is 312 g/mol. The molecule has 8 heteroatoms. The Morgan fingerprint density at radius 3 is 2.80 bits per heavy atom. The third-order valence-corrected chi connectivity index (χ3v) is 4.40. The topological polar surface area (TPSA) is 90.1 Å². The predicted octanol–water partition coefficient (Wildman–Crippen LogP) is 1.13. The lowest BCUT2D eigenvalue weighted by molar-refractivity contribution is 0.425. The first kappa shape index (κ1) is 15.0. The van der Waals surface area contributed by atoms with Crippen LogP contribution in [0.4, 0.5) is 5.13 Å². The van der Waals surface area contributed by atoms with Crippen molar-refractivity contribution >= 4 is 39.8 Å². The molecule has 6 nitrogen and oxygen atoms in total. The summed E-state index contributed by atoms with van der Waals surface area (Å²) >= 11 is 6.99. The summed E-state index contributed by atoms with van der Waals surface area (Å²) in [5.41, 5.74) is 6.42. The fourth-order valence-corrected chi connectivity index (χ4v) is 3.50. The molecule has 0 amide bonds. The number of nitrogens with one attached hydrogen (secondary N) is 3. The van der Waals surface area contributed by atoms with Gasteiger partial charge in [-0.2, -0.15) is 0 Å². The molecule has 20 heavy (non-hydrogen) atoms. The van der Waals surface area contributed by atoms with E-state index in [2.05, 4.69) is 34.4 Å². The van der Waals surface area contributed by atoms with Gasteiger partial charge in [-0.3, -0.25) is 5.41 Å². The van der Waals surface area contributed by atoms with E-state index in [0.717, 1.165) is 36.7 Å². The van der Waals surface area contributed by atoms with Gasteiger partial charge in [0.15, 0.2) is 16.2 Å². The molecule has 0 fully saturated rings. The number of hydrogen-bond donors (Lipinski definition) is 4. The fourth-order valence-electron chi connectivity index (χ4n) is 2.07. The van der Waals surface area contributed by atoms with Crippen LogP contribution in [0.1, 0.15) is 24.4 Å². The zero-order chi connectivity index (χ0) is 14.7. The molecule has 2 rings (SSSR count). The molecule has 0 spiro atoms. The van der Waals surface area contributed by atoms with Crippen LogP contribution in [0.3, 0.4) is 0 Å². The largest absolute Gasteiger partial charge is 0.370 e. The van der Waals surface area contributed by atoms with Crippen LogP contribution in [0.25, 0.3) is 0 Å². The van der Waals surface area contributed by atoms with Crippen LogP contribution >= 0.6 is 23.6 Å². The molecule has 1 aromatic rings. The number of fused-ring (bicyclic) bond motifs is 1. The van der Waals surface area contributed by atoms with E-state index in [9.17, 15) is 0 Å². The first-order valence-electron chi connectivity index (χ1n) is 6.60. The van der Waals surface area contributed by atoms with Crippen LogP contribution in [0.2, 0.25) is 0 Å². The van der Waals surface area contributed by atoms with Crippen molar-refractivity contribution in [2.24, 2.45) is 5.73 Å². The van der Waals surface area contributed by atoms with Crippen molar-refractivity contribution < 1.29 is 0 Å². The molecule has 5 N–H and O–H groups in total. The molecular weight excluding hydrogens is 292 g/mol. The van der Waals surface area contributed by atoms with Crippen LogP contribution < -0.4 is 16.4 Å². The van der Waals surface area contributed by atoms with Crippen molar-refractivity contribution in [2.75, 3.05) is 18.4 Å². The summed E-state index contributed by atoms with van der Waals surface area (Å²) in [5, 5.41) is 14.8. The highest BCUT2D eigenvalue weighted by atomic mass is 32.1. The number of thiocarbonyl (C=S) groups is 1. The molecule has 0 bridgehead atoms. The lowest BCUT2D eigenvalue weighted by Gasteiger charge is -2.25. The first-order valence-corrected chi connectivity index (χ1v) is 7.83. The van der Waals surface area contributed by atoms with Gasteiger partial charge in [-0.25, -0.2) is 4.98 Å². The van der Waals surface area contributed by atoms with Crippen LogP contribution in [-0.4, -0.2) is 40.1 Å². The zero-order valence-electron chi connectivity index (χ0n) is 11.7. The number of nitrogens with zero attached hydrogens (tertiary/aromatic N) is 2. The van der Waals surface area contributed by atoms with E-state index in [0.29, 0.717) is 11.2 Å². The van der Waals surface area contributed by atoms with Crippen molar-refractivity contribution in [2.45, 2.75) is 32.7 Å². The molecule has 0 radical (unpaired) electrons. The quantitative estimate of drug-likeness (QED) is 0.372. The minimum absolute atomic E-state index is 0.0714. The highest BCUT2D eigenvalue weighted by molar-refractivity contribution is 7.80. The molecule has 2 heterocycles. The van der Waals surface area contributed by atoms with Gasteiger partial charge in [0, 0.05) is 36.9 Å². The van der Waals surface area contributed by atoms with E-state index in [1.165, 1.54) is 4.88 Å². The summed E-state index contributed by atoms with van der Waals surface area (Å²) in [7, 11) is 0. The standard InChI is InChI=1S/C12H20N6S2/c1-7(2)15-12(19)18-5-3-8-9(4-6-18)20-11(16-8)17-10(13)14/h7H,3-6H2,1-2H3,(H,15,19)(H4,13,14,16,17). The van der Waals surface area contributed by atoms with Crippen molar-refractivity contribution in [1.29, 1.82) is 5.41 Å². The highest BCUT2D eigenvalue weighted by Crippen LogP contribution is 2.26. The predicted molar refractivity (Wildman–Crippen MR) is 87.5 cm³/mol. The summed E-state index contributed by atoms with van der Waals surface area (Å²) in [4.78, 5) is 7.95. The maximum absolute atomic E-state index is 7.24. The Kier molecular flexibility index (Phi) is 4.77. The fraction of sp³-hybridized carbons (Fsp3) is 0.583. The second-order valence-electron chi connectivity index (χ2n) is 5.02. The molecule has 110 valence electrons. The van der Waals surface area contributed by atoms with Crippen molar-refractivity contribution in [1.82, 2.24) is 15.2 Å². The van der Waals surface area contributed by atoms with Gasteiger partial charge < -0.3 is 21.3 Å². The summed E-state index contributed by atoms with van der Waals surface area (Å²) in [5.74, 6) is -0.0714. The van der Waals surface area contributed by atoms with E-state index in [-0.39, 0.29) is 5.96 Å². The lowest BCUT2D eigenvalue weighted by Crippen LogP contribution is -2.43. The molecule has 0 atom stereocenters. The SMILES string of the molecule is CC(C)NC(=S)N1CCc2nc(NC(=N)N)sc2CC1. The second-order valence-corrected chi connectivity index (χ2v) is 6.49. The Hall–Kier alpha value is -1.41. The van der Waals surface area contributed by atoms with Crippen molar-refractivity contribution in [3.05, 3.63) is 10.6 Å². The number of guanidine groups is 1. The molecule has 0 saturated heterocycles. The Morgan fingerprint density at radius 1 is 1.45 bits per heavy atom. The van der Waals surface area contributed by atoms with E-state index < -0.39 is 0 Å². The van der Waals surface area contributed by atoms with Crippen LogP contribution in [-0.2, 0) is 12.8 Å². The zero-order valence-corrected chi connectivity index (χ0v) is 13.3. The number of anilines is 1. The average molecular weight is 312 g/mol. The van der Waals surface area contributed by atoms with Gasteiger partial charge in [0.2, 0.25) is 0 Å². The molecule has 1 aromatic heterocycles. The number of aromatic nitrogens is 1. The van der Waals surface area contributed by atoms with Gasteiger partial charge >= 0.3 is 0 Å². The van der Waals surface area contributed by atoms with Gasteiger partial charge in [0.05, 0.1) is 5.69 Å². The number of thiazole rings is 1. The third kappa shape index (κ3) is 3.80. The van der Waals surface area contributed by atoms with E-state index >= 15 is 0 Å². The minimum Gasteiger partial charge on any atom is -0.370 e. The van der Waals surface area contributed by atoms with Crippen molar-refractivity contribution in [3.63, 3.8) is 0 Å². The molecule has 1 aliphatic heterocycles. The van der Waals surface area contributed by atoms with Gasteiger partial charge in [-0.05, 0) is 26.1 Å². The second kappa shape index (κ2) is 6.36. The normalized spacial score (nSPS) is 14.7. The molecular formula is C12H20N6S2. The van der Waals surface area contributed by atoms with Crippen LogP contribution in [0, 0.1) is 5.41 Å². The van der Waals surface area contributed by atoms with Gasteiger partial charge in [-0.1, -0.05) is 0 Å². The van der Waals surface area contributed by atoms with E-state index in [4.69, 9.17) is 23.4 Å². The smallest absolute Gasteiger partial charge is 0.192 e. The van der Waals surface area contributed by atoms with Gasteiger partial charge in [0.1, 0.15) is 0 Å². The highest BCUT2D eigenvalue weighted by Gasteiger charge is 2.20. The van der Waals surface area contributed by atoms with Crippen molar-refractivity contribution in [3.8, 4) is 0 Å². The molecule has 1 aliphatic rings. The van der Waals surface area contributed by atoms with Crippen LogP contribution in [0.5, 0.6) is 0 Å². The number of nitrogens with two attached hydrogens (primary N) is 1. The lowest BCUT2D eigenvalue weighted by atomic mass is 10.2. The molecule has 0 aromatic carbocycles. The Morgan fingerprint density at radius 2 is 2.15 bits per heavy atom. The molecule has 0 saturated carbocycles. The average Bonchev–Trinajstić information content (AvgIpc) is 2.58. The Bertz CT molecular complexity index is 485.